The standard InChI is InChI=1S/C13H12ClF3N4/c1-7-3-4-8(5-9(7)14)19-11-6-10(18-2)20-12(21-11)13(15,16)17/h3-6H,1-2H3,(H2,18,19,20,21). The molecule has 0 amide bonds. The van der Waals surface area contributed by atoms with E-state index < -0.39 is 12.0 Å². The molecular formula is C13H12ClF3N4. The van der Waals surface area contributed by atoms with Gasteiger partial charge in [0.15, 0.2) is 0 Å². The molecule has 2 aromatic rings. The van der Waals surface area contributed by atoms with Gasteiger partial charge >= 0.3 is 6.18 Å². The molecule has 0 spiro atoms. The van der Waals surface area contributed by atoms with Gasteiger partial charge in [0.25, 0.3) is 0 Å². The molecule has 0 aliphatic heterocycles. The zero-order valence-electron chi connectivity index (χ0n) is 11.2. The van der Waals surface area contributed by atoms with Gasteiger partial charge in [-0.15, -0.1) is 0 Å². The van der Waals surface area contributed by atoms with Gasteiger partial charge in [0.1, 0.15) is 11.6 Å². The van der Waals surface area contributed by atoms with Gasteiger partial charge in [0.2, 0.25) is 5.82 Å². The van der Waals surface area contributed by atoms with Crippen LogP contribution in [0.1, 0.15) is 11.4 Å². The minimum atomic E-state index is -4.62. The largest absolute Gasteiger partial charge is 0.451 e. The van der Waals surface area contributed by atoms with Crippen molar-refractivity contribution in [3.63, 3.8) is 0 Å². The first kappa shape index (κ1) is 15.4. The summed E-state index contributed by atoms with van der Waals surface area (Å²) in [7, 11) is 1.48. The third-order valence-corrected chi connectivity index (χ3v) is 3.09. The van der Waals surface area contributed by atoms with Crippen molar-refractivity contribution in [1.29, 1.82) is 0 Å². The molecule has 0 aliphatic rings. The number of alkyl halides is 3. The molecule has 0 atom stereocenters. The number of hydrogen-bond acceptors (Lipinski definition) is 4. The molecule has 8 heteroatoms. The molecule has 0 aliphatic carbocycles. The van der Waals surface area contributed by atoms with Crippen LogP contribution >= 0.6 is 11.6 Å². The normalized spacial score (nSPS) is 11.3. The quantitative estimate of drug-likeness (QED) is 0.889. The molecule has 112 valence electrons. The maximum atomic E-state index is 12.7. The summed E-state index contributed by atoms with van der Waals surface area (Å²) in [6, 6.07) is 6.46. The second-order valence-electron chi connectivity index (χ2n) is 4.30. The molecule has 2 N–H and O–H groups in total. The monoisotopic (exact) mass is 316 g/mol. The van der Waals surface area contributed by atoms with Crippen LogP contribution in [0, 0.1) is 6.92 Å². The van der Waals surface area contributed by atoms with Crippen molar-refractivity contribution in [2.75, 3.05) is 17.7 Å². The number of hydrogen-bond donors (Lipinski definition) is 2. The van der Waals surface area contributed by atoms with E-state index in [0.29, 0.717) is 10.7 Å². The molecule has 2 rings (SSSR count). The number of halogens is 4. The Kier molecular flexibility index (Phi) is 4.22. The molecule has 1 aromatic carbocycles. The van der Waals surface area contributed by atoms with E-state index in [-0.39, 0.29) is 11.6 Å². The smallest absolute Gasteiger partial charge is 0.373 e. The Morgan fingerprint density at radius 2 is 1.76 bits per heavy atom. The van der Waals surface area contributed by atoms with Gasteiger partial charge in [-0.05, 0) is 24.6 Å². The fraction of sp³-hybridized carbons (Fsp3) is 0.231. The predicted molar refractivity (Wildman–Crippen MR) is 76.1 cm³/mol. The minimum absolute atomic E-state index is 0.0293. The van der Waals surface area contributed by atoms with Crippen molar-refractivity contribution in [3.8, 4) is 0 Å². The van der Waals surface area contributed by atoms with Crippen molar-refractivity contribution in [1.82, 2.24) is 9.97 Å². The highest BCUT2D eigenvalue weighted by Crippen LogP contribution is 2.29. The summed E-state index contributed by atoms with van der Waals surface area (Å²) < 4.78 is 38.2. The number of aromatic nitrogens is 2. The van der Waals surface area contributed by atoms with Crippen LogP contribution in [0.3, 0.4) is 0 Å². The van der Waals surface area contributed by atoms with Crippen LogP contribution in [-0.2, 0) is 6.18 Å². The lowest BCUT2D eigenvalue weighted by molar-refractivity contribution is -0.144. The zero-order valence-corrected chi connectivity index (χ0v) is 12.0. The zero-order chi connectivity index (χ0) is 15.6. The van der Waals surface area contributed by atoms with Crippen LogP contribution in [0.2, 0.25) is 5.02 Å². The second-order valence-corrected chi connectivity index (χ2v) is 4.71. The van der Waals surface area contributed by atoms with E-state index in [4.69, 9.17) is 11.6 Å². The van der Waals surface area contributed by atoms with E-state index in [0.717, 1.165) is 5.56 Å². The van der Waals surface area contributed by atoms with Gasteiger partial charge < -0.3 is 10.6 Å². The molecule has 0 fully saturated rings. The van der Waals surface area contributed by atoms with E-state index in [1.807, 2.05) is 6.92 Å². The Balaban J connectivity index is 2.36. The van der Waals surface area contributed by atoms with Crippen LogP contribution in [0.4, 0.5) is 30.5 Å². The Morgan fingerprint density at radius 3 is 2.33 bits per heavy atom. The third-order valence-electron chi connectivity index (χ3n) is 2.68. The fourth-order valence-electron chi connectivity index (χ4n) is 1.58. The van der Waals surface area contributed by atoms with Crippen molar-refractivity contribution < 1.29 is 13.2 Å². The van der Waals surface area contributed by atoms with E-state index in [1.165, 1.54) is 13.1 Å². The maximum Gasteiger partial charge on any atom is 0.451 e. The molecule has 1 heterocycles. The first-order valence-corrected chi connectivity index (χ1v) is 6.34. The summed E-state index contributed by atoms with van der Waals surface area (Å²) in [4.78, 5) is 6.85. The molecular weight excluding hydrogens is 305 g/mol. The van der Waals surface area contributed by atoms with Gasteiger partial charge in [-0.25, -0.2) is 9.97 Å². The van der Waals surface area contributed by atoms with E-state index >= 15 is 0 Å². The molecule has 0 bridgehead atoms. The first-order valence-electron chi connectivity index (χ1n) is 5.97. The highest BCUT2D eigenvalue weighted by atomic mass is 35.5. The number of anilines is 3. The number of nitrogens with zero attached hydrogens (tertiary/aromatic N) is 2. The average molecular weight is 317 g/mol. The Labute approximate surface area is 124 Å². The topological polar surface area (TPSA) is 49.8 Å². The number of rotatable bonds is 3. The van der Waals surface area contributed by atoms with Crippen LogP contribution in [0.15, 0.2) is 24.3 Å². The summed E-state index contributed by atoms with van der Waals surface area (Å²) in [5.74, 6) is -1.12. The Bertz CT molecular complexity index is 658. The lowest BCUT2D eigenvalue weighted by atomic mass is 10.2. The summed E-state index contributed by atoms with van der Waals surface area (Å²) in [5, 5.41) is 5.87. The predicted octanol–water partition coefficient (Wildman–Crippen LogP) is 4.24. The maximum absolute atomic E-state index is 12.7. The summed E-state index contributed by atoms with van der Waals surface area (Å²) in [5.41, 5.74) is 1.41. The van der Waals surface area contributed by atoms with Crippen LogP contribution in [0.5, 0.6) is 0 Å². The van der Waals surface area contributed by atoms with Crippen LogP contribution in [-0.4, -0.2) is 17.0 Å². The van der Waals surface area contributed by atoms with E-state index in [2.05, 4.69) is 20.6 Å². The van der Waals surface area contributed by atoms with Crippen molar-refractivity contribution in [3.05, 3.63) is 40.7 Å². The first-order chi connectivity index (χ1) is 9.79. The van der Waals surface area contributed by atoms with E-state index in [1.54, 1.807) is 18.2 Å². The van der Waals surface area contributed by atoms with Crippen LogP contribution < -0.4 is 10.6 Å². The number of benzene rings is 1. The van der Waals surface area contributed by atoms with Crippen molar-refractivity contribution in [2.45, 2.75) is 13.1 Å². The molecule has 0 unspecified atom stereocenters. The second kappa shape index (κ2) is 5.77. The lowest BCUT2D eigenvalue weighted by Gasteiger charge is -2.12. The van der Waals surface area contributed by atoms with Gasteiger partial charge in [-0.2, -0.15) is 13.2 Å². The summed E-state index contributed by atoms with van der Waals surface area (Å²) >= 11 is 5.98. The summed E-state index contributed by atoms with van der Waals surface area (Å²) in [6.45, 7) is 1.83. The van der Waals surface area contributed by atoms with Crippen molar-refractivity contribution in [2.24, 2.45) is 0 Å². The van der Waals surface area contributed by atoms with Gasteiger partial charge in [-0.1, -0.05) is 17.7 Å². The fourth-order valence-corrected chi connectivity index (χ4v) is 1.77. The number of nitrogens with one attached hydrogen (secondary N) is 2. The Morgan fingerprint density at radius 1 is 1.10 bits per heavy atom. The molecule has 1 aromatic heterocycles. The highest BCUT2D eigenvalue weighted by Gasteiger charge is 2.35. The van der Waals surface area contributed by atoms with Crippen LogP contribution in [0.25, 0.3) is 0 Å². The average Bonchev–Trinajstić information content (AvgIpc) is 2.41. The van der Waals surface area contributed by atoms with Gasteiger partial charge in [-0.3, -0.25) is 0 Å². The molecule has 21 heavy (non-hydrogen) atoms. The highest BCUT2D eigenvalue weighted by molar-refractivity contribution is 6.31. The number of aryl methyl sites for hydroxylation is 1. The molecule has 0 saturated carbocycles. The van der Waals surface area contributed by atoms with Gasteiger partial charge in [0.05, 0.1) is 0 Å². The van der Waals surface area contributed by atoms with Crippen molar-refractivity contribution >= 4 is 28.9 Å². The minimum Gasteiger partial charge on any atom is -0.373 e. The lowest BCUT2D eigenvalue weighted by Crippen LogP contribution is -2.13. The third kappa shape index (κ3) is 3.75. The molecule has 4 nitrogen and oxygen atoms in total. The Hall–Kier alpha value is -2.02. The van der Waals surface area contributed by atoms with E-state index in [9.17, 15) is 13.2 Å². The molecule has 0 radical (unpaired) electrons. The molecule has 0 saturated heterocycles. The SMILES string of the molecule is CNc1cc(Nc2ccc(C)c(Cl)c2)nc(C(F)(F)F)n1. The summed E-state index contributed by atoms with van der Waals surface area (Å²) in [6.07, 6.45) is -4.62. The van der Waals surface area contributed by atoms with Gasteiger partial charge in [0, 0.05) is 23.8 Å².